The zero-order chi connectivity index (χ0) is 16.3. The maximum Gasteiger partial charge on any atom is 0.250 e. The van der Waals surface area contributed by atoms with E-state index in [0.717, 1.165) is 50.6 Å². The smallest absolute Gasteiger partial charge is 0.250 e. The monoisotopic (exact) mass is 444 g/mol. The lowest BCUT2D eigenvalue weighted by atomic mass is 10.3. The maximum atomic E-state index is 11.6. The first-order chi connectivity index (χ1) is 11.3. The number of hydrogen-bond acceptors (Lipinski definition) is 3. The number of guanidine groups is 1. The molecule has 24 heavy (non-hydrogen) atoms. The third-order valence-electron chi connectivity index (χ3n) is 3.48. The van der Waals surface area contributed by atoms with Crippen molar-refractivity contribution in [1.29, 1.82) is 0 Å². The highest BCUT2D eigenvalue weighted by atomic mass is 127. The van der Waals surface area contributed by atoms with Gasteiger partial charge in [-0.3, -0.25) is 9.79 Å². The molecule has 0 unspecified atom stereocenters. The second kappa shape index (κ2) is 11.7. The normalized spacial score (nSPS) is 11.0. The third kappa shape index (κ3) is 7.20. The van der Waals surface area contributed by atoms with E-state index in [4.69, 9.17) is 4.42 Å². The summed E-state index contributed by atoms with van der Waals surface area (Å²) in [5, 5.41) is 6.52. The third-order valence-corrected chi connectivity index (χ3v) is 3.48. The topological polar surface area (TPSA) is 71.6 Å². The maximum absolute atomic E-state index is 11.6. The molecule has 0 aromatic carbocycles. The van der Waals surface area contributed by atoms with Gasteiger partial charge in [-0.2, -0.15) is 0 Å². The van der Waals surface area contributed by atoms with Gasteiger partial charge in [0.2, 0.25) is 5.56 Å². The quantitative estimate of drug-likeness (QED) is 0.284. The first kappa shape index (κ1) is 20.3. The van der Waals surface area contributed by atoms with Crippen molar-refractivity contribution >= 4 is 29.9 Å². The van der Waals surface area contributed by atoms with E-state index in [1.807, 2.05) is 24.4 Å². The second-order valence-electron chi connectivity index (χ2n) is 5.19. The Kier molecular flexibility index (Phi) is 9.90. The molecule has 0 saturated carbocycles. The first-order valence-electron chi connectivity index (χ1n) is 7.92. The summed E-state index contributed by atoms with van der Waals surface area (Å²) in [4.78, 5) is 15.7. The van der Waals surface area contributed by atoms with E-state index in [2.05, 4.69) is 15.6 Å². The highest BCUT2D eigenvalue weighted by molar-refractivity contribution is 14.0. The largest absolute Gasteiger partial charge is 0.469 e. The lowest BCUT2D eigenvalue weighted by molar-refractivity contribution is 0.506. The van der Waals surface area contributed by atoms with Gasteiger partial charge in [-0.25, -0.2) is 0 Å². The predicted octanol–water partition coefficient (Wildman–Crippen LogP) is 2.25. The van der Waals surface area contributed by atoms with E-state index < -0.39 is 0 Å². The van der Waals surface area contributed by atoms with E-state index in [9.17, 15) is 4.79 Å². The molecule has 2 N–H and O–H groups in total. The van der Waals surface area contributed by atoms with Gasteiger partial charge in [0.25, 0.3) is 0 Å². The fourth-order valence-electron chi connectivity index (χ4n) is 2.24. The molecule has 0 fully saturated rings. The SMILES string of the molecule is CN=C(NCCCCn1ccccc1=O)NCCc1ccco1.I. The number of nitrogens with zero attached hydrogens (tertiary/aromatic N) is 2. The number of aromatic nitrogens is 1. The van der Waals surface area contributed by atoms with Crippen molar-refractivity contribution < 1.29 is 4.42 Å². The van der Waals surface area contributed by atoms with Crippen LogP contribution in [0.2, 0.25) is 0 Å². The molecule has 132 valence electrons. The number of aryl methyl sites for hydroxylation is 1. The minimum atomic E-state index is 0. The molecule has 2 rings (SSSR count). The van der Waals surface area contributed by atoms with Crippen molar-refractivity contribution in [3.05, 3.63) is 58.9 Å². The van der Waals surface area contributed by atoms with Crippen molar-refractivity contribution in [2.45, 2.75) is 25.8 Å². The molecule has 0 aliphatic heterocycles. The van der Waals surface area contributed by atoms with Gasteiger partial charge in [-0.05, 0) is 31.0 Å². The van der Waals surface area contributed by atoms with Crippen molar-refractivity contribution in [3.8, 4) is 0 Å². The zero-order valence-electron chi connectivity index (χ0n) is 13.9. The van der Waals surface area contributed by atoms with Gasteiger partial charge in [0.05, 0.1) is 6.26 Å². The molecule has 2 aromatic heterocycles. The Hall–Kier alpha value is -1.77. The minimum absolute atomic E-state index is 0. The summed E-state index contributed by atoms with van der Waals surface area (Å²) in [6.07, 6.45) is 6.25. The van der Waals surface area contributed by atoms with Crippen LogP contribution in [0.15, 0.2) is 57.0 Å². The number of aliphatic imine (C=N–C) groups is 1. The molecule has 0 amide bonds. The summed E-state index contributed by atoms with van der Waals surface area (Å²) in [5.74, 6) is 1.75. The Morgan fingerprint density at radius 1 is 1.17 bits per heavy atom. The summed E-state index contributed by atoms with van der Waals surface area (Å²) in [5.41, 5.74) is 0.0517. The molecule has 0 spiro atoms. The Morgan fingerprint density at radius 2 is 2.00 bits per heavy atom. The second-order valence-corrected chi connectivity index (χ2v) is 5.19. The van der Waals surface area contributed by atoms with Crippen LogP contribution in [0.25, 0.3) is 0 Å². The predicted molar refractivity (Wildman–Crippen MR) is 107 cm³/mol. The van der Waals surface area contributed by atoms with Crippen LogP contribution in [0.4, 0.5) is 0 Å². The number of nitrogens with one attached hydrogen (secondary N) is 2. The summed E-state index contributed by atoms with van der Waals surface area (Å²) < 4.78 is 7.02. The lowest BCUT2D eigenvalue weighted by Crippen LogP contribution is -2.38. The Labute approximate surface area is 159 Å². The molecule has 0 radical (unpaired) electrons. The standard InChI is InChI=1S/C17H24N4O2.HI/c1-18-17(20-11-9-15-7-6-14-23-15)19-10-3-5-13-21-12-4-2-8-16(21)22;/h2,4,6-8,12,14H,3,5,9-11,13H2,1H3,(H2,18,19,20);1H. The van der Waals surface area contributed by atoms with Gasteiger partial charge in [0.1, 0.15) is 5.76 Å². The number of furan rings is 1. The van der Waals surface area contributed by atoms with Gasteiger partial charge in [0.15, 0.2) is 5.96 Å². The Bertz CT molecular complexity index is 653. The molecule has 0 aliphatic rings. The van der Waals surface area contributed by atoms with Crippen molar-refractivity contribution in [2.75, 3.05) is 20.1 Å². The molecular weight excluding hydrogens is 419 g/mol. The molecule has 2 aromatic rings. The highest BCUT2D eigenvalue weighted by Gasteiger charge is 1.99. The van der Waals surface area contributed by atoms with Crippen LogP contribution in [-0.4, -0.2) is 30.7 Å². The number of halogens is 1. The Morgan fingerprint density at radius 3 is 2.71 bits per heavy atom. The van der Waals surface area contributed by atoms with Gasteiger partial charge in [-0.1, -0.05) is 6.07 Å². The van der Waals surface area contributed by atoms with Gasteiger partial charge in [-0.15, -0.1) is 24.0 Å². The summed E-state index contributed by atoms with van der Waals surface area (Å²) in [6.45, 7) is 2.33. The van der Waals surface area contributed by atoms with Gasteiger partial charge in [0, 0.05) is 45.4 Å². The fraction of sp³-hybridized carbons (Fsp3) is 0.412. The number of pyridine rings is 1. The molecule has 0 saturated heterocycles. The molecule has 2 heterocycles. The molecule has 6 nitrogen and oxygen atoms in total. The van der Waals surface area contributed by atoms with Crippen LogP contribution in [0.3, 0.4) is 0 Å². The summed E-state index contributed by atoms with van der Waals surface area (Å²) in [6, 6.07) is 9.08. The number of rotatable bonds is 8. The molecule has 0 bridgehead atoms. The van der Waals surface area contributed by atoms with E-state index in [-0.39, 0.29) is 29.5 Å². The molecular formula is C17H25IN4O2. The number of hydrogen-bond donors (Lipinski definition) is 2. The average molecular weight is 444 g/mol. The van der Waals surface area contributed by atoms with E-state index in [0.29, 0.717) is 0 Å². The molecule has 7 heteroatoms. The van der Waals surface area contributed by atoms with E-state index in [1.54, 1.807) is 30.0 Å². The first-order valence-corrected chi connectivity index (χ1v) is 7.92. The summed E-state index contributed by atoms with van der Waals surface area (Å²) in [7, 11) is 1.76. The fourth-order valence-corrected chi connectivity index (χ4v) is 2.24. The highest BCUT2D eigenvalue weighted by Crippen LogP contribution is 1.99. The van der Waals surface area contributed by atoms with Crippen molar-refractivity contribution in [2.24, 2.45) is 4.99 Å². The van der Waals surface area contributed by atoms with Crippen LogP contribution < -0.4 is 16.2 Å². The average Bonchev–Trinajstić information content (AvgIpc) is 3.08. The van der Waals surface area contributed by atoms with E-state index in [1.165, 1.54) is 0 Å². The lowest BCUT2D eigenvalue weighted by Gasteiger charge is -2.11. The molecule has 0 aliphatic carbocycles. The number of unbranched alkanes of at least 4 members (excludes halogenated alkanes) is 1. The molecule has 0 atom stereocenters. The van der Waals surface area contributed by atoms with Gasteiger partial charge >= 0.3 is 0 Å². The van der Waals surface area contributed by atoms with Crippen LogP contribution in [0.1, 0.15) is 18.6 Å². The Balaban J connectivity index is 0.00000288. The van der Waals surface area contributed by atoms with Crippen molar-refractivity contribution in [1.82, 2.24) is 15.2 Å². The zero-order valence-corrected chi connectivity index (χ0v) is 16.2. The van der Waals surface area contributed by atoms with E-state index >= 15 is 0 Å². The van der Waals surface area contributed by atoms with Crippen LogP contribution in [0, 0.1) is 0 Å². The minimum Gasteiger partial charge on any atom is -0.469 e. The van der Waals surface area contributed by atoms with Crippen molar-refractivity contribution in [3.63, 3.8) is 0 Å². The summed E-state index contributed by atoms with van der Waals surface area (Å²) >= 11 is 0. The van der Waals surface area contributed by atoms with Crippen LogP contribution in [0.5, 0.6) is 0 Å². The van der Waals surface area contributed by atoms with Gasteiger partial charge < -0.3 is 19.6 Å². The van der Waals surface area contributed by atoms with Crippen LogP contribution >= 0.6 is 24.0 Å². The van der Waals surface area contributed by atoms with Crippen LogP contribution in [-0.2, 0) is 13.0 Å².